The SMILES string of the molecule is CC.Cc1cc(-n2nc(-c3ccccc3)c3ccccc32)c(C)cc1-c1cc(C)c(-n2nc(-c3ccccc3)c3ccccc32)cc1C. The van der Waals surface area contributed by atoms with Crippen LogP contribution in [0.5, 0.6) is 0 Å². The Hall–Kier alpha value is -5.74. The lowest BCUT2D eigenvalue weighted by Gasteiger charge is -2.17. The molecule has 4 nitrogen and oxygen atoms in total. The van der Waals surface area contributed by atoms with E-state index in [1.165, 1.54) is 33.4 Å². The summed E-state index contributed by atoms with van der Waals surface area (Å²) < 4.78 is 4.22. The molecule has 8 rings (SSSR count). The fourth-order valence-corrected chi connectivity index (χ4v) is 6.76. The Morgan fingerprint density at radius 2 is 0.750 bits per heavy atom. The first-order valence-electron chi connectivity index (χ1n) is 16.8. The van der Waals surface area contributed by atoms with Crippen molar-refractivity contribution < 1.29 is 0 Å². The summed E-state index contributed by atoms with van der Waals surface area (Å²) in [5.41, 5.74) is 15.9. The van der Waals surface area contributed by atoms with Gasteiger partial charge in [0.25, 0.3) is 0 Å². The molecule has 0 amide bonds. The van der Waals surface area contributed by atoms with E-state index in [4.69, 9.17) is 10.2 Å². The molecule has 0 aliphatic rings. The topological polar surface area (TPSA) is 35.6 Å². The smallest absolute Gasteiger partial charge is 0.101 e. The van der Waals surface area contributed by atoms with Crippen molar-refractivity contribution in [2.75, 3.05) is 0 Å². The molecule has 0 atom stereocenters. The van der Waals surface area contributed by atoms with Gasteiger partial charge in [-0.05, 0) is 97.5 Å². The van der Waals surface area contributed by atoms with Gasteiger partial charge in [-0.1, -0.05) is 111 Å². The highest BCUT2D eigenvalue weighted by molar-refractivity contribution is 5.95. The summed E-state index contributed by atoms with van der Waals surface area (Å²) >= 11 is 0. The van der Waals surface area contributed by atoms with Gasteiger partial charge >= 0.3 is 0 Å². The zero-order valence-corrected chi connectivity index (χ0v) is 28.5. The summed E-state index contributed by atoms with van der Waals surface area (Å²) in [6.45, 7) is 12.8. The Morgan fingerprint density at radius 3 is 1.15 bits per heavy atom. The summed E-state index contributed by atoms with van der Waals surface area (Å²) in [6, 6.07) is 47.1. The normalized spacial score (nSPS) is 11.1. The molecular formula is C44H40N4. The zero-order valence-electron chi connectivity index (χ0n) is 28.5. The molecule has 6 aromatic carbocycles. The van der Waals surface area contributed by atoms with Crippen LogP contribution in [0.25, 0.3) is 66.8 Å². The third-order valence-corrected chi connectivity index (χ3v) is 9.10. The van der Waals surface area contributed by atoms with E-state index in [-0.39, 0.29) is 0 Å². The Bertz CT molecular complexity index is 2220. The third-order valence-electron chi connectivity index (χ3n) is 9.10. The molecule has 48 heavy (non-hydrogen) atoms. The number of nitrogens with zero attached hydrogens (tertiary/aromatic N) is 4. The van der Waals surface area contributed by atoms with Crippen molar-refractivity contribution in [3.63, 3.8) is 0 Å². The molecule has 0 saturated carbocycles. The maximum atomic E-state index is 5.17. The standard InChI is InChI=1S/C42H34N4.C2H6/c1-27-25-39(45-37-21-13-11-19-33(37)41(43-45)31-15-7-5-8-16-31)29(3)23-35(27)36-24-30(4)40(26-28(36)2)46-38-22-14-12-20-34(38)42(44-46)32-17-9-6-10-18-32;1-2/h5-26H,1-4H3;1-2H3. The zero-order chi connectivity index (χ0) is 33.4. The molecule has 0 fully saturated rings. The number of benzene rings is 6. The largest absolute Gasteiger partial charge is 0.232 e. The van der Waals surface area contributed by atoms with Crippen LogP contribution in [-0.4, -0.2) is 19.6 Å². The van der Waals surface area contributed by atoms with E-state index < -0.39 is 0 Å². The van der Waals surface area contributed by atoms with E-state index in [0.717, 1.165) is 55.7 Å². The lowest BCUT2D eigenvalue weighted by atomic mass is 9.92. The van der Waals surface area contributed by atoms with Crippen LogP contribution >= 0.6 is 0 Å². The number of aromatic nitrogens is 4. The molecular weight excluding hydrogens is 585 g/mol. The molecule has 0 spiro atoms. The number of hydrogen-bond donors (Lipinski definition) is 0. The summed E-state index contributed by atoms with van der Waals surface area (Å²) in [6.07, 6.45) is 0. The van der Waals surface area contributed by atoms with Crippen LogP contribution in [0.3, 0.4) is 0 Å². The first-order chi connectivity index (χ1) is 23.5. The van der Waals surface area contributed by atoms with Crippen molar-refractivity contribution in [3.8, 4) is 45.0 Å². The van der Waals surface area contributed by atoms with Crippen molar-refractivity contribution >= 4 is 21.8 Å². The van der Waals surface area contributed by atoms with Crippen molar-refractivity contribution in [2.45, 2.75) is 41.5 Å². The van der Waals surface area contributed by atoms with Gasteiger partial charge in [0, 0.05) is 21.9 Å². The average Bonchev–Trinajstić information content (AvgIpc) is 3.71. The summed E-state index contributed by atoms with van der Waals surface area (Å²) in [4.78, 5) is 0. The third kappa shape index (κ3) is 5.29. The Balaban J connectivity index is 0.00000179. The Kier molecular flexibility index (Phi) is 8.24. The van der Waals surface area contributed by atoms with Crippen molar-refractivity contribution in [3.05, 3.63) is 156 Å². The predicted molar refractivity (Wildman–Crippen MR) is 202 cm³/mol. The number of para-hydroxylation sites is 2. The molecule has 0 unspecified atom stereocenters. The highest BCUT2D eigenvalue weighted by Gasteiger charge is 2.19. The van der Waals surface area contributed by atoms with Crippen molar-refractivity contribution in [2.24, 2.45) is 0 Å². The second-order valence-corrected chi connectivity index (χ2v) is 12.2. The average molecular weight is 625 g/mol. The maximum Gasteiger partial charge on any atom is 0.101 e. The quantitative estimate of drug-likeness (QED) is 0.191. The van der Waals surface area contributed by atoms with E-state index in [9.17, 15) is 0 Å². The maximum absolute atomic E-state index is 5.17. The van der Waals surface area contributed by atoms with Crippen LogP contribution in [0.4, 0.5) is 0 Å². The predicted octanol–water partition coefficient (Wildman–Crippen LogP) is 11.6. The van der Waals surface area contributed by atoms with Gasteiger partial charge < -0.3 is 0 Å². The Morgan fingerprint density at radius 1 is 0.396 bits per heavy atom. The summed E-state index contributed by atoms with van der Waals surface area (Å²) in [7, 11) is 0. The van der Waals surface area contributed by atoms with E-state index in [0.29, 0.717) is 0 Å². The van der Waals surface area contributed by atoms with Crippen LogP contribution in [0.2, 0.25) is 0 Å². The van der Waals surface area contributed by atoms with Crippen LogP contribution in [0.1, 0.15) is 36.1 Å². The van der Waals surface area contributed by atoms with Crippen LogP contribution < -0.4 is 0 Å². The molecule has 2 heterocycles. The number of hydrogen-bond acceptors (Lipinski definition) is 2. The minimum atomic E-state index is 1.00. The lowest BCUT2D eigenvalue weighted by molar-refractivity contribution is 0.903. The molecule has 0 aliphatic heterocycles. The van der Waals surface area contributed by atoms with Gasteiger partial charge in [-0.25, -0.2) is 9.36 Å². The molecule has 2 aromatic heterocycles. The van der Waals surface area contributed by atoms with Gasteiger partial charge in [0.1, 0.15) is 11.4 Å². The fraction of sp³-hybridized carbons (Fsp3) is 0.136. The first kappa shape index (κ1) is 30.9. The summed E-state index contributed by atoms with van der Waals surface area (Å²) in [5.74, 6) is 0. The fourth-order valence-electron chi connectivity index (χ4n) is 6.76. The highest BCUT2D eigenvalue weighted by Crippen LogP contribution is 2.37. The van der Waals surface area contributed by atoms with E-state index in [1.54, 1.807) is 0 Å². The van der Waals surface area contributed by atoms with Crippen molar-refractivity contribution in [1.29, 1.82) is 0 Å². The molecule has 0 bridgehead atoms. The van der Waals surface area contributed by atoms with Crippen LogP contribution in [0.15, 0.2) is 133 Å². The van der Waals surface area contributed by atoms with Gasteiger partial charge in [0.2, 0.25) is 0 Å². The van der Waals surface area contributed by atoms with Gasteiger partial charge in [0.05, 0.1) is 22.4 Å². The minimum absolute atomic E-state index is 1.00. The van der Waals surface area contributed by atoms with Gasteiger partial charge in [-0.2, -0.15) is 10.2 Å². The van der Waals surface area contributed by atoms with Gasteiger partial charge in [-0.15, -0.1) is 0 Å². The van der Waals surface area contributed by atoms with E-state index >= 15 is 0 Å². The molecule has 8 aromatic rings. The molecule has 0 aliphatic carbocycles. The van der Waals surface area contributed by atoms with Crippen LogP contribution in [0, 0.1) is 27.7 Å². The van der Waals surface area contributed by atoms with Gasteiger partial charge in [0.15, 0.2) is 0 Å². The highest BCUT2D eigenvalue weighted by atomic mass is 15.3. The molecule has 4 heteroatoms. The van der Waals surface area contributed by atoms with Crippen LogP contribution in [-0.2, 0) is 0 Å². The second-order valence-electron chi connectivity index (χ2n) is 12.2. The van der Waals surface area contributed by atoms with Crippen molar-refractivity contribution in [1.82, 2.24) is 19.6 Å². The Labute approximate surface area is 282 Å². The lowest BCUT2D eigenvalue weighted by Crippen LogP contribution is -2.03. The molecule has 0 N–H and O–H groups in total. The van der Waals surface area contributed by atoms with E-state index in [2.05, 4.69) is 158 Å². The number of aryl methyl sites for hydroxylation is 4. The van der Waals surface area contributed by atoms with Gasteiger partial charge in [-0.3, -0.25) is 0 Å². The van der Waals surface area contributed by atoms with E-state index in [1.807, 2.05) is 26.0 Å². The molecule has 236 valence electrons. The first-order valence-corrected chi connectivity index (χ1v) is 16.8. The number of fused-ring (bicyclic) bond motifs is 2. The monoisotopic (exact) mass is 624 g/mol. The molecule has 0 saturated heterocycles. The molecule has 0 radical (unpaired) electrons. The second kappa shape index (κ2) is 12.8. The number of rotatable bonds is 5. The summed E-state index contributed by atoms with van der Waals surface area (Å²) in [5, 5.41) is 12.6. The minimum Gasteiger partial charge on any atom is -0.232 e.